The van der Waals surface area contributed by atoms with Crippen LogP contribution in [0.15, 0.2) is 48.5 Å². The second kappa shape index (κ2) is 5.72. The summed E-state index contributed by atoms with van der Waals surface area (Å²) in [4.78, 5) is 4.45. The van der Waals surface area contributed by atoms with Crippen LogP contribution in [0.2, 0.25) is 5.02 Å². The quantitative estimate of drug-likeness (QED) is 0.775. The Balaban J connectivity index is 2.04. The van der Waals surface area contributed by atoms with Gasteiger partial charge in [0.25, 0.3) is 0 Å². The van der Waals surface area contributed by atoms with Crippen molar-refractivity contribution in [1.82, 2.24) is 4.98 Å². The zero-order chi connectivity index (χ0) is 14.8. The van der Waals surface area contributed by atoms with E-state index < -0.39 is 0 Å². The monoisotopic (exact) mass is 299 g/mol. The molecule has 21 heavy (non-hydrogen) atoms. The molecule has 0 aliphatic heterocycles. The van der Waals surface area contributed by atoms with Gasteiger partial charge in [0, 0.05) is 11.5 Å². The van der Waals surface area contributed by atoms with Crippen molar-refractivity contribution in [3.05, 3.63) is 64.7 Å². The van der Waals surface area contributed by atoms with Crippen molar-refractivity contribution in [2.45, 2.75) is 13.5 Å². The van der Waals surface area contributed by atoms with Gasteiger partial charge < -0.3 is 9.84 Å². The van der Waals surface area contributed by atoms with Gasteiger partial charge >= 0.3 is 0 Å². The van der Waals surface area contributed by atoms with Crippen molar-refractivity contribution >= 4 is 22.5 Å². The molecular weight excluding hydrogens is 286 g/mol. The topological polar surface area (TPSA) is 42.4 Å². The lowest BCUT2D eigenvalue weighted by Crippen LogP contribution is -1.94. The fourth-order valence-corrected chi connectivity index (χ4v) is 2.48. The first-order valence-electron chi connectivity index (χ1n) is 6.61. The molecule has 1 N–H and O–H groups in total. The van der Waals surface area contributed by atoms with Crippen LogP contribution in [0.4, 0.5) is 0 Å². The Morgan fingerprint density at radius 3 is 2.71 bits per heavy atom. The first kappa shape index (κ1) is 13.9. The molecule has 4 heteroatoms. The minimum absolute atomic E-state index is 0.0684. The predicted molar refractivity (Wildman–Crippen MR) is 83.9 cm³/mol. The van der Waals surface area contributed by atoms with Gasteiger partial charge in [-0.2, -0.15) is 0 Å². The molecular formula is C17H14ClNO2. The number of aliphatic hydroxyl groups is 1. The molecule has 0 amide bonds. The normalized spacial score (nSPS) is 10.8. The fourth-order valence-electron chi connectivity index (χ4n) is 2.20. The smallest absolute Gasteiger partial charge is 0.220 e. The van der Waals surface area contributed by atoms with E-state index in [9.17, 15) is 5.11 Å². The van der Waals surface area contributed by atoms with Crippen LogP contribution < -0.4 is 4.74 Å². The van der Waals surface area contributed by atoms with Crippen LogP contribution in [-0.4, -0.2) is 10.1 Å². The lowest BCUT2D eigenvalue weighted by molar-refractivity contribution is 0.282. The summed E-state index contributed by atoms with van der Waals surface area (Å²) in [7, 11) is 0. The third-order valence-corrected chi connectivity index (χ3v) is 3.55. The number of aliphatic hydroxyl groups excluding tert-OH is 1. The highest BCUT2D eigenvalue weighted by Crippen LogP contribution is 2.31. The number of nitrogens with zero attached hydrogens (tertiary/aromatic N) is 1. The van der Waals surface area contributed by atoms with Crippen LogP contribution in [0.25, 0.3) is 10.9 Å². The molecule has 3 rings (SSSR count). The van der Waals surface area contributed by atoms with Gasteiger partial charge in [-0.05, 0) is 36.2 Å². The Kier molecular flexibility index (Phi) is 3.78. The number of aryl methyl sites for hydroxylation is 1. The minimum Gasteiger partial charge on any atom is -0.437 e. The third kappa shape index (κ3) is 2.84. The van der Waals surface area contributed by atoms with E-state index in [2.05, 4.69) is 4.98 Å². The third-order valence-electron chi connectivity index (χ3n) is 3.25. The van der Waals surface area contributed by atoms with Crippen molar-refractivity contribution < 1.29 is 9.84 Å². The highest BCUT2D eigenvalue weighted by molar-refractivity contribution is 6.32. The van der Waals surface area contributed by atoms with Crippen LogP contribution in [-0.2, 0) is 6.61 Å². The molecule has 106 valence electrons. The number of benzene rings is 2. The molecule has 0 aliphatic rings. The van der Waals surface area contributed by atoms with Crippen LogP contribution in [0, 0.1) is 6.92 Å². The van der Waals surface area contributed by atoms with E-state index >= 15 is 0 Å². The van der Waals surface area contributed by atoms with Crippen molar-refractivity contribution in [2.24, 2.45) is 0 Å². The highest BCUT2D eigenvalue weighted by Gasteiger charge is 2.08. The molecule has 0 bridgehead atoms. The number of ether oxygens (including phenoxy) is 1. The average molecular weight is 300 g/mol. The van der Waals surface area contributed by atoms with E-state index in [1.807, 2.05) is 49.4 Å². The van der Waals surface area contributed by atoms with Gasteiger partial charge in [0.05, 0.1) is 17.1 Å². The maximum atomic E-state index is 9.51. The standard InChI is InChI=1S/C17H14ClNO2/c1-11-6-7-16(14(18)8-11)21-17-9-12(10-20)13-4-2-3-5-15(13)19-17/h2-9,20H,10H2,1H3. The second-order valence-corrected chi connectivity index (χ2v) is 5.24. The van der Waals surface area contributed by atoms with Gasteiger partial charge in [-0.15, -0.1) is 0 Å². The van der Waals surface area contributed by atoms with Gasteiger partial charge in [-0.25, -0.2) is 4.98 Å². The Morgan fingerprint density at radius 1 is 1.14 bits per heavy atom. The molecule has 3 aromatic rings. The van der Waals surface area contributed by atoms with Crippen molar-refractivity contribution in [1.29, 1.82) is 0 Å². The van der Waals surface area contributed by atoms with E-state index in [-0.39, 0.29) is 6.61 Å². The Morgan fingerprint density at radius 2 is 1.95 bits per heavy atom. The summed E-state index contributed by atoms with van der Waals surface area (Å²) in [5.74, 6) is 0.970. The number of hydrogen-bond donors (Lipinski definition) is 1. The maximum Gasteiger partial charge on any atom is 0.220 e. The lowest BCUT2D eigenvalue weighted by Gasteiger charge is -2.10. The summed E-state index contributed by atoms with van der Waals surface area (Å²) in [6, 6.07) is 14.9. The van der Waals surface area contributed by atoms with Gasteiger partial charge in [0.15, 0.2) is 0 Å². The second-order valence-electron chi connectivity index (χ2n) is 4.83. The summed E-state index contributed by atoms with van der Waals surface area (Å²) in [6.45, 7) is 1.90. The highest BCUT2D eigenvalue weighted by atomic mass is 35.5. The van der Waals surface area contributed by atoms with Crippen molar-refractivity contribution in [3.63, 3.8) is 0 Å². The van der Waals surface area contributed by atoms with Gasteiger partial charge in [0.2, 0.25) is 5.88 Å². The fraction of sp³-hybridized carbons (Fsp3) is 0.118. The Labute approximate surface area is 127 Å². The molecule has 0 saturated heterocycles. The maximum absolute atomic E-state index is 9.51. The summed E-state index contributed by atoms with van der Waals surface area (Å²) >= 11 is 6.17. The average Bonchev–Trinajstić information content (AvgIpc) is 2.49. The molecule has 0 radical (unpaired) electrons. The molecule has 0 unspecified atom stereocenters. The molecule has 2 aromatic carbocycles. The number of aromatic nitrogens is 1. The van der Waals surface area contributed by atoms with E-state index in [0.717, 1.165) is 22.0 Å². The first-order chi connectivity index (χ1) is 10.2. The van der Waals surface area contributed by atoms with E-state index in [0.29, 0.717) is 16.7 Å². The number of para-hydroxylation sites is 1. The lowest BCUT2D eigenvalue weighted by atomic mass is 10.1. The molecule has 0 atom stereocenters. The van der Waals surface area contributed by atoms with Gasteiger partial charge in [0.1, 0.15) is 5.75 Å². The van der Waals surface area contributed by atoms with Crippen LogP contribution in [0.5, 0.6) is 11.6 Å². The number of hydrogen-bond acceptors (Lipinski definition) is 3. The summed E-state index contributed by atoms with van der Waals surface area (Å²) in [5.41, 5.74) is 2.62. The Hall–Kier alpha value is -2.10. The van der Waals surface area contributed by atoms with Crippen LogP contribution in [0.3, 0.4) is 0 Å². The summed E-state index contributed by atoms with van der Waals surface area (Å²) < 4.78 is 5.76. The summed E-state index contributed by atoms with van der Waals surface area (Å²) in [6.07, 6.45) is 0. The predicted octanol–water partition coefficient (Wildman–Crippen LogP) is 4.48. The van der Waals surface area contributed by atoms with E-state index in [1.54, 1.807) is 6.07 Å². The molecule has 0 saturated carbocycles. The molecule has 1 heterocycles. The van der Waals surface area contributed by atoms with E-state index in [1.165, 1.54) is 0 Å². The number of pyridine rings is 1. The molecule has 0 spiro atoms. The molecule has 3 nitrogen and oxygen atoms in total. The number of halogens is 1. The van der Waals surface area contributed by atoms with Crippen LogP contribution in [0.1, 0.15) is 11.1 Å². The minimum atomic E-state index is -0.0684. The first-order valence-corrected chi connectivity index (χ1v) is 6.98. The van der Waals surface area contributed by atoms with Gasteiger partial charge in [-0.3, -0.25) is 0 Å². The zero-order valence-electron chi connectivity index (χ0n) is 11.5. The van der Waals surface area contributed by atoms with Gasteiger partial charge in [-0.1, -0.05) is 35.9 Å². The number of fused-ring (bicyclic) bond motifs is 1. The van der Waals surface area contributed by atoms with Crippen molar-refractivity contribution in [3.8, 4) is 11.6 Å². The van der Waals surface area contributed by atoms with E-state index in [4.69, 9.17) is 16.3 Å². The zero-order valence-corrected chi connectivity index (χ0v) is 12.3. The summed E-state index contributed by atoms with van der Waals surface area (Å²) in [5, 5.41) is 11.0. The molecule has 0 fully saturated rings. The number of rotatable bonds is 3. The molecule has 0 aliphatic carbocycles. The SMILES string of the molecule is Cc1ccc(Oc2cc(CO)c3ccccc3n2)c(Cl)c1. The van der Waals surface area contributed by atoms with Crippen LogP contribution >= 0.6 is 11.6 Å². The molecule has 1 aromatic heterocycles. The van der Waals surface area contributed by atoms with Crippen molar-refractivity contribution in [2.75, 3.05) is 0 Å². The largest absolute Gasteiger partial charge is 0.437 e. The Bertz CT molecular complexity index is 802.